The average molecular weight is 472 g/mol. The van der Waals surface area contributed by atoms with Crippen LogP contribution in [-0.4, -0.2) is 41.9 Å². The van der Waals surface area contributed by atoms with Crippen LogP contribution in [0.25, 0.3) is 0 Å². The van der Waals surface area contributed by atoms with Gasteiger partial charge in [0, 0.05) is 30.1 Å². The van der Waals surface area contributed by atoms with Crippen LogP contribution in [0.4, 0.5) is 9.18 Å². The average Bonchev–Trinajstić information content (AvgIpc) is 3.08. The molecule has 2 saturated heterocycles. The minimum Gasteiger partial charge on any atom is -0.480 e. The maximum Gasteiger partial charge on any atom is 0.322 e. The van der Waals surface area contributed by atoms with Gasteiger partial charge in [-0.25, -0.2) is 9.18 Å². The molecule has 0 aromatic heterocycles. The normalized spacial score (nSPS) is 24.8. The third kappa shape index (κ3) is 4.04. The molecule has 7 nitrogen and oxygen atoms in total. The molecule has 0 aliphatic carbocycles. The highest BCUT2D eigenvalue weighted by Gasteiger charge is 2.55. The largest absolute Gasteiger partial charge is 0.480 e. The van der Waals surface area contributed by atoms with Crippen LogP contribution in [0.2, 0.25) is 5.02 Å². The van der Waals surface area contributed by atoms with E-state index in [9.17, 15) is 18.8 Å². The molecule has 2 N–H and O–H groups in total. The van der Waals surface area contributed by atoms with Crippen molar-refractivity contribution in [3.63, 3.8) is 0 Å². The van der Waals surface area contributed by atoms with Crippen LogP contribution in [-0.2, 0) is 21.5 Å². The van der Waals surface area contributed by atoms with E-state index in [1.807, 2.05) is 24.3 Å². The molecule has 2 fully saturated rings. The first-order chi connectivity index (χ1) is 15.8. The van der Waals surface area contributed by atoms with Crippen LogP contribution in [0.1, 0.15) is 30.4 Å². The highest BCUT2D eigenvalue weighted by Crippen LogP contribution is 2.42. The molecule has 3 aliphatic rings. The number of ether oxygens (including phenoxy) is 1. The minimum atomic E-state index is -1.53. The summed E-state index contributed by atoms with van der Waals surface area (Å²) in [4.78, 5) is 39.7. The Morgan fingerprint density at radius 3 is 2.55 bits per heavy atom. The third-order valence-electron chi connectivity index (χ3n) is 6.74. The molecule has 9 heteroatoms. The zero-order chi connectivity index (χ0) is 23.2. The van der Waals surface area contributed by atoms with E-state index >= 15 is 0 Å². The molecule has 5 rings (SSSR count). The number of likely N-dealkylation sites (tertiary alicyclic amines) is 1. The molecule has 0 radical (unpaired) electrons. The fourth-order valence-corrected chi connectivity index (χ4v) is 5.13. The number of hydrogen-bond acceptors (Lipinski definition) is 4. The molecule has 2 unspecified atom stereocenters. The lowest BCUT2D eigenvalue weighted by atomic mass is 9.81. The first-order valence-corrected chi connectivity index (χ1v) is 11.4. The SMILES string of the molecule is O=C1NC(=O)C2(CC(C(=O)N3CCC(Cc4ccc(Cl)cc4)CC3)Oc3ccc(F)cc32)N1. The number of carbonyl (C=O) groups excluding carboxylic acids is 3. The van der Waals surface area contributed by atoms with Crippen LogP contribution in [0.15, 0.2) is 42.5 Å². The van der Waals surface area contributed by atoms with Gasteiger partial charge in [0.2, 0.25) is 0 Å². The van der Waals surface area contributed by atoms with Gasteiger partial charge in [0.15, 0.2) is 11.6 Å². The molecule has 0 saturated carbocycles. The van der Waals surface area contributed by atoms with E-state index in [1.165, 1.54) is 23.8 Å². The van der Waals surface area contributed by atoms with E-state index in [0.717, 1.165) is 19.3 Å². The van der Waals surface area contributed by atoms with Gasteiger partial charge in [-0.1, -0.05) is 23.7 Å². The fourth-order valence-electron chi connectivity index (χ4n) is 5.00. The van der Waals surface area contributed by atoms with E-state index in [2.05, 4.69) is 10.6 Å². The molecule has 2 aromatic rings. The Bertz CT molecular complexity index is 1120. The lowest BCUT2D eigenvalue weighted by Gasteiger charge is -2.40. The van der Waals surface area contributed by atoms with Crippen molar-refractivity contribution < 1.29 is 23.5 Å². The van der Waals surface area contributed by atoms with Gasteiger partial charge >= 0.3 is 6.03 Å². The number of urea groups is 1. The molecule has 33 heavy (non-hydrogen) atoms. The van der Waals surface area contributed by atoms with Crippen molar-refractivity contribution in [2.75, 3.05) is 13.1 Å². The standard InChI is InChI=1S/C24H23ClFN3O4/c25-16-3-1-14(2-4-16)11-15-7-9-29(10-8-15)21(30)20-13-24(22(31)27-23(32)28-24)18-12-17(26)5-6-19(18)33-20/h1-6,12,15,20H,7-11,13H2,(H2,27,28,31,32). The maximum absolute atomic E-state index is 13.9. The fraction of sp³-hybridized carbons (Fsp3) is 0.375. The van der Waals surface area contributed by atoms with Gasteiger partial charge in [-0.3, -0.25) is 14.9 Å². The van der Waals surface area contributed by atoms with Crippen molar-refractivity contribution in [3.05, 3.63) is 64.4 Å². The third-order valence-corrected chi connectivity index (χ3v) is 7.00. The summed E-state index contributed by atoms with van der Waals surface area (Å²) in [6, 6.07) is 10.9. The smallest absolute Gasteiger partial charge is 0.322 e. The Hall–Kier alpha value is -3.13. The number of piperidine rings is 1. The molecular weight excluding hydrogens is 449 g/mol. The molecule has 1 spiro atoms. The minimum absolute atomic E-state index is 0.0927. The summed E-state index contributed by atoms with van der Waals surface area (Å²) < 4.78 is 19.8. The van der Waals surface area contributed by atoms with Gasteiger partial charge in [0.1, 0.15) is 11.6 Å². The number of amides is 4. The molecule has 0 bridgehead atoms. The summed E-state index contributed by atoms with van der Waals surface area (Å²) in [5.41, 5.74) is -0.0925. The Morgan fingerprint density at radius 2 is 1.88 bits per heavy atom. The predicted molar refractivity (Wildman–Crippen MR) is 118 cm³/mol. The Labute approximate surface area is 195 Å². The monoisotopic (exact) mass is 471 g/mol. The maximum atomic E-state index is 13.9. The summed E-state index contributed by atoms with van der Waals surface area (Å²) in [5.74, 6) is -0.725. The van der Waals surface area contributed by atoms with E-state index in [0.29, 0.717) is 24.0 Å². The first kappa shape index (κ1) is 21.7. The molecule has 172 valence electrons. The summed E-state index contributed by atoms with van der Waals surface area (Å²) in [7, 11) is 0. The molecule has 4 amide bonds. The molecule has 3 heterocycles. The van der Waals surface area contributed by atoms with Gasteiger partial charge in [-0.2, -0.15) is 0 Å². The van der Waals surface area contributed by atoms with Crippen LogP contribution in [0.5, 0.6) is 5.75 Å². The van der Waals surface area contributed by atoms with Crippen LogP contribution < -0.4 is 15.4 Å². The van der Waals surface area contributed by atoms with Crippen molar-refractivity contribution in [1.29, 1.82) is 0 Å². The number of imide groups is 1. The molecule has 2 aromatic carbocycles. The van der Waals surface area contributed by atoms with Gasteiger partial charge in [-0.15, -0.1) is 0 Å². The highest BCUT2D eigenvalue weighted by molar-refractivity contribution is 6.30. The van der Waals surface area contributed by atoms with Crippen LogP contribution in [0, 0.1) is 11.7 Å². The number of nitrogens with zero attached hydrogens (tertiary/aromatic N) is 1. The number of halogens is 2. The van der Waals surface area contributed by atoms with Gasteiger partial charge < -0.3 is 15.0 Å². The lowest BCUT2D eigenvalue weighted by molar-refractivity contribution is -0.143. The second-order valence-electron chi connectivity index (χ2n) is 8.86. The van der Waals surface area contributed by atoms with E-state index < -0.39 is 29.4 Å². The van der Waals surface area contributed by atoms with Crippen molar-refractivity contribution in [3.8, 4) is 5.75 Å². The summed E-state index contributed by atoms with van der Waals surface area (Å²) in [6.07, 6.45) is 1.58. The second kappa shape index (κ2) is 8.33. The van der Waals surface area contributed by atoms with Gasteiger partial charge in [0.05, 0.1) is 0 Å². The highest BCUT2D eigenvalue weighted by atomic mass is 35.5. The Morgan fingerprint density at radius 1 is 1.15 bits per heavy atom. The summed E-state index contributed by atoms with van der Waals surface area (Å²) in [6.45, 7) is 1.16. The summed E-state index contributed by atoms with van der Waals surface area (Å²) in [5, 5.41) is 5.52. The predicted octanol–water partition coefficient (Wildman–Crippen LogP) is 3.15. The van der Waals surface area contributed by atoms with Crippen molar-refractivity contribution >= 4 is 29.4 Å². The van der Waals surface area contributed by atoms with Crippen LogP contribution in [0.3, 0.4) is 0 Å². The second-order valence-corrected chi connectivity index (χ2v) is 9.30. The molecular formula is C24H23ClFN3O4. The zero-order valence-corrected chi connectivity index (χ0v) is 18.5. The van der Waals surface area contributed by atoms with Gasteiger partial charge in [0.25, 0.3) is 11.8 Å². The Kier molecular flexibility index (Phi) is 5.48. The zero-order valence-electron chi connectivity index (χ0n) is 17.8. The number of hydrogen-bond donors (Lipinski definition) is 2. The number of nitrogens with one attached hydrogen (secondary N) is 2. The molecule has 2 atom stereocenters. The number of rotatable bonds is 3. The lowest BCUT2D eigenvalue weighted by Crippen LogP contribution is -2.55. The first-order valence-electron chi connectivity index (χ1n) is 11.0. The van der Waals surface area contributed by atoms with E-state index in [1.54, 1.807) is 4.90 Å². The summed E-state index contributed by atoms with van der Waals surface area (Å²) >= 11 is 5.96. The topological polar surface area (TPSA) is 87.7 Å². The van der Waals surface area contributed by atoms with Gasteiger partial charge in [-0.05, 0) is 61.1 Å². The van der Waals surface area contributed by atoms with Crippen molar-refractivity contribution in [2.24, 2.45) is 5.92 Å². The Balaban J connectivity index is 1.29. The quantitative estimate of drug-likeness (QED) is 0.673. The number of fused-ring (bicyclic) bond motifs is 2. The van der Waals surface area contributed by atoms with E-state index in [-0.39, 0.29) is 23.6 Å². The van der Waals surface area contributed by atoms with Crippen LogP contribution >= 0.6 is 11.6 Å². The van der Waals surface area contributed by atoms with E-state index in [4.69, 9.17) is 16.3 Å². The van der Waals surface area contributed by atoms with Crippen molar-refractivity contribution in [1.82, 2.24) is 15.5 Å². The molecule has 3 aliphatic heterocycles. The number of benzene rings is 2. The van der Waals surface area contributed by atoms with Crippen molar-refractivity contribution in [2.45, 2.75) is 37.3 Å². The number of carbonyl (C=O) groups is 3.